The van der Waals surface area contributed by atoms with E-state index in [-0.39, 0.29) is 11.4 Å². The second kappa shape index (κ2) is 5.33. The van der Waals surface area contributed by atoms with Gasteiger partial charge in [-0.2, -0.15) is 0 Å². The summed E-state index contributed by atoms with van der Waals surface area (Å²) in [5.74, 6) is -1.25. The molecule has 7 nitrogen and oxygen atoms in total. The summed E-state index contributed by atoms with van der Waals surface area (Å²) >= 11 is 7.32. The summed E-state index contributed by atoms with van der Waals surface area (Å²) in [5.41, 5.74) is -0.466. The van der Waals surface area contributed by atoms with Gasteiger partial charge >= 0.3 is 11.7 Å². The summed E-state index contributed by atoms with van der Waals surface area (Å²) in [5, 5.41) is 14.0. The molecule has 0 radical (unpaired) electrons. The third-order valence-corrected chi connectivity index (χ3v) is 5.08. The summed E-state index contributed by atoms with van der Waals surface area (Å²) in [6.45, 7) is 0. The van der Waals surface area contributed by atoms with Crippen molar-refractivity contribution >= 4 is 50.7 Å². The zero-order valence-corrected chi connectivity index (χ0v) is 14.3. The van der Waals surface area contributed by atoms with Crippen LogP contribution in [0.2, 0.25) is 5.02 Å². The first-order valence-corrected chi connectivity index (χ1v) is 8.45. The molecule has 0 aliphatic carbocycles. The first-order chi connectivity index (χ1) is 11.9. The molecule has 0 amide bonds. The number of halogens is 1. The number of fused-ring (bicyclic) bond motifs is 2. The first-order valence-electron chi connectivity index (χ1n) is 7.13. The Bertz CT molecular complexity index is 1290. The van der Waals surface area contributed by atoms with E-state index in [9.17, 15) is 19.5 Å². The fourth-order valence-electron chi connectivity index (χ4n) is 3.01. The van der Waals surface area contributed by atoms with E-state index in [1.54, 1.807) is 36.0 Å². The Morgan fingerprint density at radius 1 is 1.24 bits per heavy atom. The van der Waals surface area contributed by atoms with Gasteiger partial charge in [-0.1, -0.05) is 11.6 Å². The molecule has 0 saturated carbocycles. The van der Waals surface area contributed by atoms with Gasteiger partial charge in [-0.25, -0.2) is 14.2 Å². The van der Waals surface area contributed by atoms with Crippen molar-refractivity contribution in [3.63, 3.8) is 0 Å². The first kappa shape index (κ1) is 15.7. The molecule has 0 saturated heterocycles. The summed E-state index contributed by atoms with van der Waals surface area (Å²) in [6, 6.07) is 4.81. The Labute approximate surface area is 148 Å². The molecular weight excluding hydrogens is 366 g/mol. The molecule has 4 aromatic rings. The fourth-order valence-corrected chi connectivity index (χ4v) is 3.94. The summed E-state index contributed by atoms with van der Waals surface area (Å²) < 4.78 is 2.28. The van der Waals surface area contributed by atoms with Gasteiger partial charge in [0.2, 0.25) is 0 Å². The lowest BCUT2D eigenvalue weighted by molar-refractivity contribution is 0.0687. The summed E-state index contributed by atoms with van der Waals surface area (Å²) in [4.78, 5) is 39.8. The number of H-pyrrole nitrogens is 1. The topological polar surface area (TPSA) is 97.1 Å². The van der Waals surface area contributed by atoms with E-state index >= 15 is 0 Å². The lowest BCUT2D eigenvalue weighted by Crippen LogP contribution is -2.34. The zero-order valence-electron chi connectivity index (χ0n) is 12.7. The van der Waals surface area contributed by atoms with E-state index in [1.165, 1.54) is 15.9 Å². The van der Waals surface area contributed by atoms with Gasteiger partial charge in [0.1, 0.15) is 0 Å². The molecule has 0 aliphatic rings. The number of aromatic nitrogens is 3. The Hall–Kier alpha value is -2.84. The van der Waals surface area contributed by atoms with E-state index in [2.05, 4.69) is 4.98 Å². The van der Waals surface area contributed by atoms with Crippen molar-refractivity contribution < 1.29 is 9.90 Å². The molecular formula is C16H10ClN3O4S. The minimum absolute atomic E-state index is 0.00634. The largest absolute Gasteiger partial charge is 0.477 e. The van der Waals surface area contributed by atoms with Crippen LogP contribution in [0.5, 0.6) is 0 Å². The molecule has 0 unspecified atom stereocenters. The number of aromatic carboxylic acids is 1. The maximum absolute atomic E-state index is 12.8. The van der Waals surface area contributed by atoms with Gasteiger partial charge in [-0.3, -0.25) is 4.79 Å². The third kappa shape index (κ3) is 2.15. The van der Waals surface area contributed by atoms with Gasteiger partial charge in [-0.05, 0) is 18.2 Å². The Morgan fingerprint density at radius 3 is 2.72 bits per heavy atom. The quantitative estimate of drug-likeness (QED) is 0.562. The number of aryl methyl sites for hydroxylation is 1. The standard InChI is InChI=1S/C16H10ClN3O4S/c1-19-11-3-2-7(17)4-8(11)12(13(19)15(22)23)20-14(21)9-5-25-6-10(9)18-16(20)24/h2-6H,1H3,(H,18,24)(H,22,23). The van der Waals surface area contributed by atoms with Crippen LogP contribution < -0.4 is 11.2 Å². The average molecular weight is 376 g/mol. The molecule has 9 heteroatoms. The fraction of sp³-hybridized carbons (Fsp3) is 0.0625. The van der Waals surface area contributed by atoms with Gasteiger partial charge in [0.25, 0.3) is 5.56 Å². The molecule has 0 spiro atoms. The highest BCUT2D eigenvalue weighted by molar-refractivity contribution is 7.09. The van der Waals surface area contributed by atoms with Crippen molar-refractivity contribution in [2.45, 2.75) is 0 Å². The van der Waals surface area contributed by atoms with E-state index < -0.39 is 17.2 Å². The number of nitrogens with one attached hydrogen (secondary N) is 1. The van der Waals surface area contributed by atoms with Gasteiger partial charge in [-0.15, -0.1) is 11.3 Å². The van der Waals surface area contributed by atoms with Gasteiger partial charge in [0.15, 0.2) is 5.69 Å². The highest BCUT2D eigenvalue weighted by atomic mass is 35.5. The molecule has 2 N–H and O–H groups in total. The molecule has 0 aliphatic heterocycles. The lowest BCUT2D eigenvalue weighted by Gasteiger charge is -2.06. The maximum atomic E-state index is 12.8. The number of carboxylic acids is 1. The van der Waals surface area contributed by atoms with Gasteiger partial charge < -0.3 is 14.7 Å². The molecule has 1 aromatic carbocycles. The Balaban J connectivity index is 2.27. The van der Waals surface area contributed by atoms with Crippen molar-refractivity contribution in [1.29, 1.82) is 0 Å². The Morgan fingerprint density at radius 2 is 2.00 bits per heavy atom. The number of nitrogens with zero attached hydrogens (tertiary/aromatic N) is 2. The normalized spacial score (nSPS) is 11.4. The van der Waals surface area contributed by atoms with Crippen molar-refractivity contribution in [3.8, 4) is 5.69 Å². The van der Waals surface area contributed by atoms with E-state index in [1.807, 2.05) is 0 Å². The van der Waals surface area contributed by atoms with Crippen molar-refractivity contribution in [1.82, 2.24) is 14.1 Å². The van der Waals surface area contributed by atoms with Gasteiger partial charge in [0.05, 0.1) is 22.1 Å². The number of hydrogen-bond donors (Lipinski definition) is 2. The van der Waals surface area contributed by atoms with E-state index in [0.29, 0.717) is 26.8 Å². The van der Waals surface area contributed by atoms with Crippen LogP contribution in [0.25, 0.3) is 27.5 Å². The molecule has 4 rings (SSSR count). The molecule has 0 fully saturated rings. The number of aromatic amines is 1. The smallest absolute Gasteiger partial charge is 0.354 e. The minimum atomic E-state index is -1.25. The molecule has 126 valence electrons. The monoisotopic (exact) mass is 375 g/mol. The molecule has 0 atom stereocenters. The molecule has 25 heavy (non-hydrogen) atoms. The van der Waals surface area contributed by atoms with Crippen LogP contribution in [-0.4, -0.2) is 25.2 Å². The van der Waals surface area contributed by atoms with Crippen LogP contribution in [0.15, 0.2) is 38.5 Å². The minimum Gasteiger partial charge on any atom is -0.477 e. The van der Waals surface area contributed by atoms with Crippen LogP contribution in [-0.2, 0) is 7.05 Å². The number of rotatable bonds is 2. The highest BCUT2D eigenvalue weighted by Crippen LogP contribution is 2.30. The summed E-state index contributed by atoms with van der Waals surface area (Å²) in [6.07, 6.45) is 0. The number of carboxylic acid groups (broad SMARTS) is 1. The van der Waals surface area contributed by atoms with E-state index in [4.69, 9.17) is 11.6 Å². The number of thiophene rings is 1. The van der Waals surface area contributed by atoms with Gasteiger partial charge in [0, 0.05) is 28.2 Å². The number of benzene rings is 1. The van der Waals surface area contributed by atoms with Crippen LogP contribution in [0.1, 0.15) is 10.5 Å². The van der Waals surface area contributed by atoms with Crippen LogP contribution >= 0.6 is 22.9 Å². The van der Waals surface area contributed by atoms with Crippen LogP contribution in [0.4, 0.5) is 0 Å². The maximum Gasteiger partial charge on any atom is 0.354 e. The highest BCUT2D eigenvalue weighted by Gasteiger charge is 2.25. The van der Waals surface area contributed by atoms with Crippen LogP contribution in [0, 0.1) is 0 Å². The van der Waals surface area contributed by atoms with Crippen molar-refractivity contribution in [2.24, 2.45) is 7.05 Å². The lowest BCUT2D eigenvalue weighted by atomic mass is 10.2. The number of carbonyl (C=O) groups is 1. The molecule has 0 bridgehead atoms. The average Bonchev–Trinajstić information content (AvgIpc) is 3.11. The summed E-state index contributed by atoms with van der Waals surface area (Å²) in [7, 11) is 1.56. The third-order valence-electron chi connectivity index (χ3n) is 4.10. The van der Waals surface area contributed by atoms with E-state index in [0.717, 1.165) is 4.57 Å². The molecule has 3 aromatic heterocycles. The second-order valence-corrected chi connectivity index (χ2v) is 6.67. The second-order valence-electron chi connectivity index (χ2n) is 5.49. The van der Waals surface area contributed by atoms with Crippen molar-refractivity contribution in [2.75, 3.05) is 0 Å². The SMILES string of the molecule is Cn1c(C(=O)O)c(-n2c(=O)[nH]c3cscc3c2=O)c2cc(Cl)ccc21. The van der Waals surface area contributed by atoms with Crippen LogP contribution in [0.3, 0.4) is 0 Å². The Kier molecular flexibility index (Phi) is 3.34. The predicted octanol–water partition coefficient (Wildman–Crippen LogP) is 2.58. The predicted molar refractivity (Wildman–Crippen MR) is 96.5 cm³/mol. The zero-order chi connectivity index (χ0) is 17.9. The molecule has 3 heterocycles. The van der Waals surface area contributed by atoms with Crippen molar-refractivity contribution in [3.05, 3.63) is 60.5 Å². The number of hydrogen-bond acceptors (Lipinski definition) is 4.